The van der Waals surface area contributed by atoms with Crippen LogP contribution in [0.15, 0.2) is 91.0 Å². The lowest BCUT2D eigenvalue weighted by molar-refractivity contribution is -0.111. The number of hydrogen-bond donors (Lipinski definition) is 6. The second kappa shape index (κ2) is 14.3. The van der Waals surface area contributed by atoms with Crippen LogP contribution in [0.25, 0.3) is 0 Å². The van der Waals surface area contributed by atoms with Gasteiger partial charge in [-0.3, -0.25) is 14.7 Å². The van der Waals surface area contributed by atoms with Crippen LogP contribution < -0.4 is 21.3 Å². The van der Waals surface area contributed by atoms with Crippen LogP contribution in [-0.2, 0) is 16.9 Å². The van der Waals surface area contributed by atoms with Gasteiger partial charge in [-0.2, -0.15) is 5.10 Å². The Labute approximate surface area is 273 Å². The minimum atomic E-state index is -0.681. The second-order valence-corrected chi connectivity index (χ2v) is 12.1. The van der Waals surface area contributed by atoms with Gasteiger partial charge in [0.05, 0.1) is 30.4 Å². The molecular weight excluding hydrogens is 596 g/mol. The van der Waals surface area contributed by atoms with Gasteiger partial charge in [0, 0.05) is 40.8 Å². The number of aromatic nitrogens is 2. The molecule has 0 saturated heterocycles. The number of carbonyl (C=O) groups excluding carboxylic acids is 3. The third-order valence-electron chi connectivity index (χ3n) is 7.93. The van der Waals surface area contributed by atoms with Crippen LogP contribution in [-0.4, -0.2) is 70.2 Å². The first kappa shape index (κ1) is 32.9. The van der Waals surface area contributed by atoms with E-state index in [-0.39, 0.29) is 24.5 Å². The van der Waals surface area contributed by atoms with Crippen molar-refractivity contribution >= 4 is 40.7 Å². The monoisotopic (exact) mass is 636 g/mol. The minimum Gasteiger partial charge on any atom is -0.394 e. The molecule has 1 unspecified atom stereocenters. The number of carbonyl (C=O) groups is 3. The number of likely N-dealkylation sites (N-methyl/N-ethyl adjacent to an activating group) is 1. The summed E-state index contributed by atoms with van der Waals surface area (Å²) in [4.78, 5) is 42.2. The maximum atomic E-state index is 13.4. The van der Waals surface area contributed by atoms with Gasteiger partial charge in [0.25, 0.3) is 5.91 Å². The molecule has 12 heteroatoms. The Bertz CT molecular complexity index is 1750. The summed E-state index contributed by atoms with van der Waals surface area (Å²) in [6.45, 7) is 4.62. The lowest BCUT2D eigenvalue weighted by atomic mass is 10.0. The molecule has 0 spiro atoms. The highest BCUT2D eigenvalue weighted by Crippen LogP contribution is 2.41. The number of fused-ring (bicyclic) bond motifs is 1. The molecule has 4 amide bonds. The fourth-order valence-corrected chi connectivity index (χ4v) is 5.37. The molecule has 47 heavy (non-hydrogen) atoms. The molecule has 0 radical (unpaired) electrons. The summed E-state index contributed by atoms with van der Waals surface area (Å²) < 4.78 is 0. The number of nitrogens with one attached hydrogen (secondary N) is 5. The summed E-state index contributed by atoms with van der Waals surface area (Å²) in [5.74, 6) is 0.0309. The number of urea groups is 1. The highest BCUT2D eigenvalue weighted by Gasteiger charge is 2.44. The maximum absolute atomic E-state index is 13.4. The Morgan fingerprint density at radius 3 is 2.40 bits per heavy atom. The highest BCUT2D eigenvalue weighted by molar-refractivity contribution is 6.05. The number of aliphatic hydroxyl groups excluding tert-OH is 1. The van der Waals surface area contributed by atoms with E-state index in [0.717, 1.165) is 16.8 Å². The number of rotatable bonds is 11. The van der Waals surface area contributed by atoms with E-state index < -0.39 is 11.6 Å². The molecule has 5 rings (SSSR count). The standard InChI is InChI=1S/C35H40N8O4/c1-35(2)31-28(21-43(35)34(47)39-29(22-44)23-10-6-5-7-11-23)32(41-40-31)37-26-12-8-13-27(20-26)38-33(46)24-15-17-25(18-16-24)36-30(45)14-9-19-42(3)4/h5-18,20,29,44H,19,21-22H2,1-4H3,(H,36,45)(H,38,46)(H,39,47)(H2,37,40,41)/b14-9+. The molecular formula is C35H40N8O4. The first-order valence-electron chi connectivity index (χ1n) is 15.3. The molecule has 1 aromatic heterocycles. The van der Waals surface area contributed by atoms with Crippen LogP contribution in [0.5, 0.6) is 0 Å². The lowest BCUT2D eigenvalue weighted by Gasteiger charge is -2.33. The topological polar surface area (TPSA) is 155 Å². The predicted octanol–water partition coefficient (Wildman–Crippen LogP) is 4.96. The van der Waals surface area contributed by atoms with Crippen LogP contribution in [0.1, 0.15) is 47.1 Å². The molecule has 4 aromatic rings. The number of benzene rings is 3. The van der Waals surface area contributed by atoms with Crippen molar-refractivity contribution in [2.24, 2.45) is 0 Å². The van der Waals surface area contributed by atoms with E-state index in [1.807, 2.05) is 75.3 Å². The highest BCUT2D eigenvalue weighted by atomic mass is 16.3. The molecule has 1 aliphatic heterocycles. The maximum Gasteiger partial charge on any atom is 0.319 e. The first-order valence-corrected chi connectivity index (χ1v) is 15.3. The number of H-pyrrole nitrogens is 1. The fourth-order valence-electron chi connectivity index (χ4n) is 5.37. The zero-order valence-corrected chi connectivity index (χ0v) is 26.9. The third-order valence-corrected chi connectivity index (χ3v) is 7.93. The van der Waals surface area contributed by atoms with E-state index in [4.69, 9.17) is 0 Å². The van der Waals surface area contributed by atoms with Crippen LogP contribution in [0, 0.1) is 0 Å². The van der Waals surface area contributed by atoms with Gasteiger partial charge in [0.2, 0.25) is 5.91 Å². The summed E-state index contributed by atoms with van der Waals surface area (Å²) in [5, 5.41) is 29.5. The van der Waals surface area contributed by atoms with Crippen molar-refractivity contribution in [1.29, 1.82) is 0 Å². The van der Waals surface area contributed by atoms with Crippen LogP contribution >= 0.6 is 0 Å². The van der Waals surface area contributed by atoms with E-state index in [1.165, 1.54) is 6.08 Å². The molecule has 3 aromatic carbocycles. The average molecular weight is 637 g/mol. The molecule has 0 aliphatic carbocycles. The summed E-state index contributed by atoms with van der Waals surface area (Å²) in [7, 11) is 3.84. The second-order valence-electron chi connectivity index (χ2n) is 12.1. The van der Waals surface area contributed by atoms with Gasteiger partial charge in [-0.15, -0.1) is 0 Å². The minimum absolute atomic E-state index is 0.227. The summed E-state index contributed by atoms with van der Waals surface area (Å²) in [6, 6.07) is 22.4. The molecule has 1 aliphatic rings. The van der Waals surface area contributed by atoms with Crippen LogP contribution in [0.4, 0.5) is 27.7 Å². The molecule has 12 nitrogen and oxygen atoms in total. The molecule has 2 heterocycles. The normalized spacial score (nSPS) is 14.1. The summed E-state index contributed by atoms with van der Waals surface area (Å²) in [5.41, 5.74) is 4.09. The lowest BCUT2D eigenvalue weighted by Crippen LogP contribution is -2.47. The largest absolute Gasteiger partial charge is 0.394 e. The Morgan fingerprint density at radius 2 is 1.70 bits per heavy atom. The zero-order chi connectivity index (χ0) is 33.6. The van der Waals surface area contributed by atoms with Crippen molar-refractivity contribution in [1.82, 2.24) is 25.3 Å². The first-order chi connectivity index (χ1) is 22.5. The fraction of sp³-hybridized carbons (Fsp3) is 0.257. The van der Waals surface area contributed by atoms with Gasteiger partial charge in [-0.05, 0) is 76.0 Å². The molecule has 6 N–H and O–H groups in total. The zero-order valence-electron chi connectivity index (χ0n) is 26.9. The van der Waals surface area contributed by atoms with Crippen LogP contribution in [0.2, 0.25) is 0 Å². The number of aliphatic hydroxyl groups is 1. The third kappa shape index (κ3) is 7.86. The Balaban J connectivity index is 1.21. The van der Waals surface area contributed by atoms with Gasteiger partial charge >= 0.3 is 6.03 Å². The molecule has 1 atom stereocenters. The summed E-state index contributed by atoms with van der Waals surface area (Å²) >= 11 is 0. The Morgan fingerprint density at radius 1 is 0.979 bits per heavy atom. The van der Waals surface area contributed by atoms with Crippen molar-refractivity contribution in [3.63, 3.8) is 0 Å². The molecule has 0 fully saturated rings. The molecule has 0 bridgehead atoms. The number of nitrogens with zero attached hydrogens (tertiary/aromatic N) is 3. The number of hydrogen-bond acceptors (Lipinski definition) is 7. The van der Waals surface area contributed by atoms with Gasteiger partial charge < -0.3 is 36.2 Å². The van der Waals surface area contributed by atoms with E-state index in [0.29, 0.717) is 41.5 Å². The average Bonchev–Trinajstić information content (AvgIpc) is 3.57. The van der Waals surface area contributed by atoms with E-state index in [1.54, 1.807) is 47.4 Å². The number of aromatic amines is 1. The Hall–Kier alpha value is -5.46. The van der Waals surface area contributed by atoms with Crippen LogP contribution in [0.3, 0.4) is 0 Å². The smallest absolute Gasteiger partial charge is 0.319 e. The SMILES string of the molecule is CN(C)C/C=C/C(=O)Nc1ccc(C(=O)Nc2cccc(Nc3n[nH]c4c3CN(C(=O)NC(CO)c3ccccc3)C4(C)C)c2)cc1. The predicted molar refractivity (Wildman–Crippen MR) is 182 cm³/mol. The number of anilines is 4. The van der Waals surface area contributed by atoms with Gasteiger partial charge in [0.15, 0.2) is 5.82 Å². The van der Waals surface area contributed by atoms with Crippen molar-refractivity contribution in [2.45, 2.75) is 32.0 Å². The molecule has 244 valence electrons. The van der Waals surface area contributed by atoms with Gasteiger partial charge in [0.1, 0.15) is 0 Å². The molecule has 0 saturated carbocycles. The van der Waals surface area contributed by atoms with Gasteiger partial charge in [-0.1, -0.05) is 42.5 Å². The van der Waals surface area contributed by atoms with Crippen molar-refractivity contribution in [2.75, 3.05) is 43.2 Å². The van der Waals surface area contributed by atoms with E-state index in [9.17, 15) is 19.5 Å². The van der Waals surface area contributed by atoms with Crippen molar-refractivity contribution in [3.05, 3.63) is 113 Å². The van der Waals surface area contributed by atoms with E-state index >= 15 is 0 Å². The summed E-state index contributed by atoms with van der Waals surface area (Å²) in [6.07, 6.45) is 3.25. The Kier molecular flexibility index (Phi) is 10.0. The van der Waals surface area contributed by atoms with Crippen molar-refractivity contribution in [3.8, 4) is 0 Å². The van der Waals surface area contributed by atoms with E-state index in [2.05, 4.69) is 31.5 Å². The quantitative estimate of drug-likeness (QED) is 0.127. The van der Waals surface area contributed by atoms with Crippen molar-refractivity contribution < 1.29 is 19.5 Å². The van der Waals surface area contributed by atoms with Gasteiger partial charge in [-0.25, -0.2) is 4.79 Å². The number of amides is 4.